The second-order valence-corrected chi connectivity index (χ2v) is 6.32. The molecule has 0 fully saturated rings. The van der Waals surface area contributed by atoms with Crippen molar-refractivity contribution in [1.82, 2.24) is 0 Å². The fourth-order valence-corrected chi connectivity index (χ4v) is 3.08. The second-order valence-electron chi connectivity index (χ2n) is 5.27. The highest BCUT2D eigenvalue weighted by molar-refractivity contribution is 8.00. The quantitative estimate of drug-likeness (QED) is 0.508. The van der Waals surface area contributed by atoms with E-state index in [1.165, 1.54) is 17.1 Å². The van der Waals surface area contributed by atoms with Gasteiger partial charge in [0.1, 0.15) is 6.61 Å². The van der Waals surface area contributed by atoms with Gasteiger partial charge >= 0.3 is 5.97 Å². The van der Waals surface area contributed by atoms with E-state index in [2.05, 4.69) is 30.3 Å². The zero-order chi connectivity index (χ0) is 16.8. The summed E-state index contributed by atoms with van der Waals surface area (Å²) in [6.45, 7) is 0.187. The first-order valence-corrected chi connectivity index (χ1v) is 8.49. The number of hydrogen-bond donors (Lipinski definition) is 0. The van der Waals surface area contributed by atoms with Crippen LogP contribution in [-0.2, 0) is 16.1 Å². The number of nitriles is 1. The van der Waals surface area contributed by atoms with E-state index < -0.39 is 0 Å². The van der Waals surface area contributed by atoms with Crippen molar-refractivity contribution >= 4 is 28.5 Å². The van der Waals surface area contributed by atoms with E-state index in [-0.39, 0.29) is 18.3 Å². The fraction of sp³-hybridized carbons (Fsp3) is 0.100. The van der Waals surface area contributed by atoms with E-state index in [1.54, 1.807) is 18.2 Å². The van der Waals surface area contributed by atoms with Crippen LogP contribution in [0.1, 0.15) is 11.1 Å². The molecule has 3 aromatic rings. The van der Waals surface area contributed by atoms with Gasteiger partial charge in [0.15, 0.2) is 0 Å². The Hall–Kier alpha value is -2.77. The molecule has 0 atom stereocenters. The van der Waals surface area contributed by atoms with Crippen LogP contribution in [-0.4, -0.2) is 11.7 Å². The molecule has 0 aliphatic heterocycles. The Morgan fingerprint density at radius 3 is 2.67 bits per heavy atom. The number of rotatable bonds is 5. The summed E-state index contributed by atoms with van der Waals surface area (Å²) in [6.07, 6.45) is 0. The molecule has 0 aliphatic rings. The van der Waals surface area contributed by atoms with Crippen LogP contribution in [0.15, 0.2) is 71.6 Å². The van der Waals surface area contributed by atoms with Crippen molar-refractivity contribution in [2.24, 2.45) is 0 Å². The Balaban J connectivity index is 1.54. The van der Waals surface area contributed by atoms with Crippen LogP contribution >= 0.6 is 11.8 Å². The molecule has 24 heavy (non-hydrogen) atoms. The van der Waals surface area contributed by atoms with Crippen LogP contribution in [0.3, 0.4) is 0 Å². The molecule has 3 rings (SSSR count). The summed E-state index contributed by atoms with van der Waals surface area (Å²) < 4.78 is 5.27. The van der Waals surface area contributed by atoms with Crippen LogP contribution < -0.4 is 0 Å². The maximum absolute atomic E-state index is 11.9. The standard InChI is InChI=1S/C20H15NO2S/c21-12-15-4-3-5-16(10-15)13-23-20(22)14-24-19-9-8-17-6-1-2-7-18(17)11-19/h1-11H,13-14H2. The molecule has 3 aromatic carbocycles. The first-order valence-electron chi connectivity index (χ1n) is 7.51. The van der Waals surface area contributed by atoms with Gasteiger partial charge in [-0.3, -0.25) is 4.79 Å². The molecule has 0 spiro atoms. The van der Waals surface area contributed by atoms with Gasteiger partial charge in [-0.15, -0.1) is 11.8 Å². The number of esters is 1. The number of carbonyl (C=O) groups excluding carboxylic acids is 1. The predicted octanol–water partition coefficient (Wildman–Crippen LogP) is 4.55. The molecular weight excluding hydrogens is 318 g/mol. The van der Waals surface area contributed by atoms with Crippen molar-refractivity contribution in [1.29, 1.82) is 5.26 Å². The Bertz CT molecular complexity index is 915. The summed E-state index contributed by atoms with van der Waals surface area (Å²) in [5.74, 6) is -0.00784. The summed E-state index contributed by atoms with van der Waals surface area (Å²) in [4.78, 5) is 12.9. The lowest BCUT2D eigenvalue weighted by atomic mass is 10.1. The van der Waals surface area contributed by atoms with E-state index in [0.717, 1.165) is 15.8 Å². The van der Waals surface area contributed by atoms with Gasteiger partial charge in [-0.1, -0.05) is 42.5 Å². The van der Waals surface area contributed by atoms with Gasteiger partial charge in [-0.05, 0) is 40.6 Å². The first kappa shape index (κ1) is 16.1. The van der Waals surface area contributed by atoms with Crippen LogP contribution in [0.5, 0.6) is 0 Å². The van der Waals surface area contributed by atoms with Crippen molar-refractivity contribution in [3.8, 4) is 6.07 Å². The lowest BCUT2D eigenvalue weighted by molar-refractivity contribution is -0.141. The zero-order valence-electron chi connectivity index (χ0n) is 12.9. The molecule has 0 bridgehead atoms. The highest BCUT2D eigenvalue weighted by atomic mass is 32.2. The number of fused-ring (bicyclic) bond motifs is 1. The van der Waals surface area contributed by atoms with E-state index in [1.807, 2.05) is 24.3 Å². The molecule has 0 amide bonds. The van der Waals surface area contributed by atoms with Crippen LogP contribution in [0.2, 0.25) is 0 Å². The maximum atomic E-state index is 11.9. The van der Waals surface area contributed by atoms with Crippen molar-refractivity contribution < 1.29 is 9.53 Å². The summed E-state index contributed by atoms with van der Waals surface area (Å²) in [7, 11) is 0. The Morgan fingerprint density at radius 2 is 1.83 bits per heavy atom. The number of thioether (sulfide) groups is 1. The van der Waals surface area contributed by atoms with Crippen molar-refractivity contribution in [2.45, 2.75) is 11.5 Å². The summed E-state index contributed by atoms with van der Waals surface area (Å²) in [5.41, 5.74) is 1.38. The van der Waals surface area contributed by atoms with Crippen LogP contribution in [0.4, 0.5) is 0 Å². The van der Waals surface area contributed by atoms with Gasteiger partial charge in [0.2, 0.25) is 0 Å². The molecule has 0 radical (unpaired) electrons. The smallest absolute Gasteiger partial charge is 0.316 e. The molecule has 0 aromatic heterocycles. The first-order chi connectivity index (χ1) is 11.7. The maximum Gasteiger partial charge on any atom is 0.316 e. The van der Waals surface area contributed by atoms with Gasteiger partial charge in [-0.2, -0.15) is 5.26 Å². The zero-order valence-corrected chi connectivity index (χ0v) is 13.8. The number of carbonyl (C=O) groups is 1. The average molecular weight is 333 g/mol. The summed E-state index contributed by atoms with van der Waals surface area (Å²) in [5, 5.41) is 11.2. The Morgan fingerprint density at radius 1 is 1.00 bits per heavy atom. The number of hydrogen-bond acceptors (Lipinski definition) is 4. The number of ether oxygens (including phenoxy) is 1. The third-order valence-corrected chi connectivity index (χ3v) is 4.50. The largest absolute Gasteiger partial charge is 0.460 e. The molecule has 0 unspecified atom stereocenters. The average Bonchev–Trinajstić information content (AvgIpc) is 2.64. The molecule has 3 nitrogen and oxygen atoms in total. The monoisotopic (exact) mass is 333 g/mol. The van der Waals surface area contributed by atoms with Crippen molar-refractivity contribution in [3.05, 3.63) is 77.9 Å². The predicted molar refractivity (Wildman–Crippen MR) is 95.6 cm³/mol. The summed E-state index contributed by atoms with van der Waals surface area (Å²) in [6, 6.07) is 23.4. The van der Waals surface area contributed by atoms with Crippen LogP contribution in [0, 0.1) is 11.3 Å². The topological polar surface area (TPSA) is 50.1 Å². The van der Waals surface area contributed by atoms with E-state index in [9.17, 15) is 4.79 Å². The molecule has 0 saturated heterocycles. The molecule has 0 aliphatic carbocycles. The lowest BCUT2D eigenvalue weighted by Crippen LogP contribution is -2.07. The van der Waals surface area contributed by atoms with E-state index >= 15 is 0 Å². The molecule has 118 valence electrons. The molecule has 0 heterocycles. The Kier molecular flexibility index (Phi) is 5.15. The minimum atomic E-state index is -0.268. The third kappa shape index (κ3) is 4.15. The fourth-order valence-electron chi connectivity index (χ4n) is 2.34. The van der Waals surface area contributed by atoms with E-state index in [4.69, 9.17) is 10.00 Å². The van der Waals surface area contributed by atoms with Gasteiger partial charge in [0.05, 0.1) is 17.4 Å². The van der Waals surface area contributed by atoms with Crippen molar-refractivity contribution in [2.75, 3.05) is 5.75 Å². The lowest BCUT2D eigenvalue weighted by Gasteiger charge is -2.06. The summed E-state index contributed by atoms with van der Waals surface area (Å²) >= 11 is 1.46. The highest BCUT2D eigenvalue weighted by Crippen LogP contribution is 2.23. The molecule has 0 saturated carbocycles. The molecular formula is C20H15NO2S. The van der Waals surface area contributed by atoms with Gasteiger partial charge < -0.3 is 4.74 Å². The molecule has 4 heteroatoms. The SMILES string of the molecule is N#Cc1cccc(COC(=O)CSc2ccc3ccccc3c2)c1. The van der Waals surface area contributed by atoms with Gasteiger partial charge in [-0.25, -0.2) is 0 Å². The minimum Gasteiger partial charge on any atom is -0.460 e. The van der Waals surface area contributed by atoms with Gasteiger partial charge in [0.25, 0.3) is 0 Å². The second kappa shape index (κ2) is 7.67. The van der Waals surface area contributed by atoms with Crippen molar-refractivity contribution in [3.63, 3.8) is 0 Å². The number of nitrogens with zero attached hydrogens (tertiary/aromatic N) is 1. The number of benzene rings is 3. The van der Waals surface area contributed by atoms with Gasteiger partial charge in [0, 0.05) is 4.90 Å². The van der Waals surface area contributed by atoms with Crippen LogP contribution in [0.25, 0.3) is 10.8 Å². The Labute approximate surface area is 144 Å². The molecule has 0 N–H and O–H groups in total. The normalized spacial score (nSPS) is 10.3. The van der Waals surface area contributed by atoms with E-state index in [0.29, 0.717) is 5.56 Å². The third-order valence-electron chi connectivity index (χ3n) is 3.53. The highest BCUT2D eigenvalue weighted by Gasteiger charge is 2.06. The minimum absolute atomic E-state index is 0.187.